The van der Waals surface area contributed by atoms with Gasteiger partial charge in [-0.15, -0.1) is 0 Å². The van der Waals surface area contributed by atoms with E-state index in [9.17, 15) is 13.2 Å². The summed E-state index contributed by atoms with van der Waals surface area (Å²) in [7, 11) is -2.13. The largest absolute Gasteiger partial charge is 0.496 e. The van der Waals surface area contributed by atoms with Gasteiger partial charge < -0.3 is 10.1 Å². The van der Waals surface area contributed by atoms with Crippen LogP contribution in [0, 0.1) is 6.92 Å². The van der Waals surface area contributed by atoms with Gasteiger partial charge in [0, 0.05) is 10.0 Å². The van der Waals surface area contributed by atoms with E-state index in [1.807, 2.05) is 32.0 Å². The summed E-state index contributed by atoms with van der Waals surface area (Å²) in [6.07, 6.45) is 1.67. The number of carbonyl (C=O) groups is 1. The number of anilines is 1. The summed E-state index contributed by atoms with van der Waals surface area (Å²) in [4.78, 5) is 12.7. The first-order chi connectivity index (χ1) is 13.5. The lowest BCUT2D eigenvalue weighted by atomic mass is 10.0. The van der Waals surface area contributed by atoms with Crippen LogP contribution in [0.3, 0.4) is 0 Å². The minimum Gasteiger partial charge on any atom is -0.496 e. The molecule has 0 aliphatic heterocycles. The zero-order valence-electron chi connectivity index (χ0n) is 16.7. The maximum atomic E-state index is 12.7. The second-order valence-corrected chi connectivity index (χ2v) is 9.43. The Morgan fingerprint density at radius 3 is 2.28 bits per heavy atom. The smallest absolute Gasteiger partial charge is 0.241 e. The molecule has 6 nitrogen and oxygen atoms in total. The van der Waals surface area contributed by atoms with E-state index in [1.54, 1.807) is 7.11 Å². The molecule has 9 heteroatoms. The average molecular weight is 459 g/mol. The summed E-state index contributed by atoms with van der Waals surface area (Å²) in [6, 6.07) is 9.79. The van der Waals surface area contributed by atoms with Crippen LogP contribution in [0.1, 0.15) is 30.5 Å². The molecule has 0 unspecified atom stereocenters. The molecule has 158 valence electrons. The number of hydrogen-bond donors (Lipinski definition) is 1. The van der Waals surface area contributed by atoms with E-state index in [0.717, 1.165) is 27.4 Å². The van der Waals surface area contributed by atoms with Crippen molar-refractivity contribution in [2.45, 2.75) is 26.3 Å². The van der Waals surface area contributed by atoms with Gasteiger partial charge in [-0.05, 0) is 48.7 Å². The van der Waals surface area contributed by atoms with Crippen LogP contribution in [0.5, 0.6) is 5.75 Å². The second kappa shape index (κ2) is 9.69. The minimum atomic E-state index is -3.73. The van der Waals surface area contributed by atoms with Gasteiger partial charge >= 0.3 is 0 Å². The van der Waals surface area contributed by atoms with Gasteiger partial charge in [-0.3, -0.25) is 9.10 Å². The Balaban J connectivity index is 2.23. The minimum absolute atomic E-state index is 0.230. The zero-order chi connectivity index (χ0) is 21.8. The number of sulfonamides is 1. The van der Waals surface area contributed by atoms with Gasteiger partial charge in [0.15, 0.2) is 0 Å². The Morgan fingerprint density at radius 2 is 1.79 bits per heavy atom. The van der Waals surface area contributed by atoms with Crippen LogP contribution in [0.4, 0.5) is 5.69 Å². The van der Waals surface area contributed by atoms with E-state index < -0.39 is 15.9 Å². The number of hydrogen-bond acceptors (Lipinski definition) is 4. The van der Waals surface area contributed by atoms with Crippen molar-refractivity contribution in [3.63, 3.8) is 0 Å². The molecule has 1 N–H and O–H groups in total. The standard InChI is InChI=1S/C20H24Cl2N2O4S/c1-5-18(14-6-7-19(28-3)13(2)8-14)23-20(25)12-24(29(4,26)27)17-10-15(21)9-16(22)11-17/h6-11,18H,5,12H2,1-4H3,(H,23,25)/t18-/m1/s1. The van der Waals surface area contributed by atoms with Crippen LogP contribution >= 0.6 is 23.2 Å². The molecule has 2 rings (SSSR count). The summed E-state index contributed by atoms with van der Waals surface area (Å²) in [5.74, 6) is 0.322. The summed E-state index contributed by atoms with van der Waals surface area (Å²) in [5, 5.41) is 3.46. The number of benzene rings is 2. The Kier molecular flexibility index (Phi) is 7.80. The van der Waals surface area contributed by atoms with Crippen molar-refractivity contribution in [2.24, 2.45) is 0 Å². The predicted molar refractivity (Wildman–Crippen MR) is 118 cm³/mol. The maximum absolute atomic E-state index is 12.7. The van der Waals surface area contributed by atoms with Crippen molar-refractivity contribution in [3.8, 4) is 5.75 Å². The molecule has 0 heterocycles. The number of rotatable bonds is 8. The monoisotopic (exact) mass is 458 g/mol. The lowest BCUT2D eigenvalue weighted by Gasteiger charge is -2.24. The van der Waals surface area contributed by atoms with Gasteiger partial charge in [-0.1, -0.05) is 42.3 Å². The van der Waals surface area contributed by atoms with Gasteiger partial charge in [0.05, 0.1) is 25.1 Å². The SMILES string of the molecule is CC[C@@H](NC(=O)CN(c1cc(Cl)cc(Cl)c1)S(C)(=O)=O)c1ccc(OC)c(C)c1. The number of halogens is 2. The molecule has 0 saturated carbocycles. The molecule has 0 spiro atoms. The highest BCUT2D eigenvalue weighted by atomic mass is 35.5. The van der Waals surface area contributed by atoms with Crippen molar-refractivity contribution in [1.82, 2.24) is 5.32 Å². The van der Waals surface area contributed by atoms with E-state index in [-0.39, 0.29) is 28.3 Å². The molecule has 0 aliphatic carbocycles. The van der Waals surface area contributed by atoms with E-state index in [2.05, 4.69) is 5.32 Å². The van der Waals surface area contributed by atoms with Crippen molar-refractivity contribution >= 4 is 44.8 Å². The highest BCUT2D eigenvalue weighted by Crippen LogP contribution is 2.27. The average Bonchev–Trinajstić information content (AvgIpc) is 2.62. The summed E-state index contributed by atoms with van der Waals surface area (Å²) >= 11 is 12.0. The summed E-state index contributed by atoms with van der Waals surface area (Å²) in [5.41, 5.74) is 2.09. The number of amides is 1. The second-order valence-electron chi connectivity index (χ2n) is 6.65. The van der Waals surface area contributed by atoms with Crippen molar-refractivity contribution in [1.29, 1.82) is 0 Å². The van der Waals surface area contributed by atoms with Crippen LogP contribution in [0.25, 0.3) is 0 Å². The summed E-state index contributed by atoms with van der Waals surface area (Å²) in [6.45, 7) is 3.47. The zero-order valence-corrected chi connectivity index (χ0v) is 19.0. The van der Waals surface area contributed by atoms with Gasteiger partial charge in [-0.25, -0.2) is 8.42 Å². The molecule has 2 aromatic rings. The number of aryl methyl sites for hydroxylation is 1. The molecular formula is C20H24Cl2N2O4S. The molecule has 0 aliphatic rings. The third-order valence-electron chi connectivity index (χ3n) is 4.39. The molecule has 0 radical (unpaired) electrons. The van der Waals surface area contributed by atoms with Gasteiger partial charge in [0.25, 0.3) is 0 Å². The first-order valence-corrected chi connectivity index (χ1v) is 11.5. The molecule has 0 fully saturated rings. The molecule has 0 bridgehead atoms. The van der Waals surface area contributed by atoms with E-state index in [1.165, 1.54) is 18.2 Å². The molecule has 0 aromatic heterocycles. The third kappa shape index (κ3) is 6.26. The lowest BCUT2D eigenvalue weighted by Crippen LogP contribution is -2.41. The Hall–Kier alpha value is -1.96. The molecule has 29 heavy (non-hydrogen) atoms. The quantitative estimate of drug-likeness (QED) is 0.637. The molecule has 2 aromatic carbocycles. The topological polar surface area (TPSA) is 75.7 Å². The van der Waals surface area contributed by atoms with Gasteiger partial charge in [-0.2, -0.15) is 0 Å². The number of nitrogens with one attached hydrogen (secondary N) is 1. The molecule has 1 amide bonds. The molecule has 1 atom stereocenters. The van der Waals surface area contributed by atoms with Crippen LogP contribution in [0.15, 0.2) is 36.4 Å². The van der Waals surface area contributed by atoms with Crippen LogP contribution in [0.2, 0.25) is 10.0 Å². The predicted octanol–water partition coefficient (Wildman–Crippen LogP) is 4.34. The first-order valence-electron chi connectivity index (χ1n) is 8.92. The summed E-state index contributed by atoms with van der Waals surface area (Å²) < 4.78 is 30.8. The highest BCUT2D eigenvalue weighted by molar-refractivity contribution is 7.92. The Morgan fingerprint density at radius 1 is 1.17 bits per heavy atom. The first kappa shape index (κ1) is 23.3. The van der Waals surface area contributed by atoms with Crippen molar-refractivity contribution < 1.29 is 17.9 Å². The number of ether oxygens (including phenoxy) is 1. The fourth-order valence-corrected chi connectivity index (χ4v) is 4.35. The number of nitrogens with zero attached hydrogens (tertiary/aromatic N) is 1. The Labute approximate surface area is 181 Å². The lowest BCUT2D eigenvalue weighted by molar-refractivity contribution is -0.120. The molecular weight excluding hydrogens is 435 g/mol. The van der Waals surface area contributed by atoms with Crippen molar-refractivity contribution in [3.05, 3.63) is 57.6 Å². The Bertz CT molecular complexity index is 976. The van der Waals surface area contributed by atoms with E-state index >= 15 is 0 Å². The van der Waals surface area contributed by atoms with Crippen LogP contribution < -0.4 is 14.4 Å². The number of carbonyl (C=O) groups excluding carboxylic acids is 1. The molecule has 0 saturated heterocycles. The third-order valence-corrected chi connectivity index (χ3v) is 5.96. The fraction of sp³-hybridized carbons (Fsp3) is 0.350. The van der Waals surface area contributed by atoms with Crippen LogP contribution in [-0.2, 0) is 14.8 Å². The van der Waals surface area contributed by atoms with Crippen LogP contribution in [-0.4, -0.2) is 34.2 Å². The number of methoxy groups -OCH3 is 1. The van der Waals surface area contributed by atoms with Gasteiger partial charge in [0.2, 0.25) is 15.9 Å². The normalized spacial score (nSPS) is 12.3. The van der Waals surface area contributed by atoms with E-state index in [4.69, 9.17) is 27.9 Å². The highest BCUT2D eigenvalue weighted by Gasteiger charge is 2.23. The van der Waals surface area contributed by atoms with Crippen molar-refractivity contribution in [2.75, 3.05) is 24.2 Å². The fourth-order valence-electron chi connectivity index (χ4n) is 2.99. The van der Waals surface area contributed by atoms with E-state index in [0.29, 0.717) is 6.42 Å². The maximum Gasteiger partial charge on any atom is 0.241 e. The van der Waals surface area contributed by atoms with Gasteiger partial charge in [0.1, 0.15) is 12.3 Å².